The maximum absolute atomic E-state index is 2.60. The summed E-state index contributed by atoms with van der Waals surface area (Å²) in [5, 5.41) is 0. The molecule has 0 unspecified atom stereocenters. The summed E-state index contributed by atoms with van der Waals surface area (Å²) < 4.78 is 0. The van der Waals surface area contributed by atoms with Gasteiger partial charge in [0.15, 0.2) is 0 Å². The Morgan fingerprint density at radius 3 is 2.33 bits per heavy atom. The lowest BCUT2D eigenvalue weighted by Crippen LogP contribution is -2.20. The van der Waals surface area contributed by atoms with Gasteiger partial charge in [0.25, 0.3) is 0 Å². The van der Waals surface area contributed by atoms with Crippen LogP contribution in [0.1, 0.15) is 58.3 Å². The van der Waals surface area contributed by atoms with Gasteiger partial charge in [0, 0.05) is 18.2 Å². The van der Waals surface area contributed by atoms with Gasteiger partial charge in [-0.25, -0.2) is 0 Å². The highest BCUT2D eigenvalue weighted by molar-refractivity contribution is 7.99. The van der Waals surface area contributed by atoms with Crippen LogP contribution in [0, 0.1) is 0 Å². The molecule has 3 heteroatoms. The van der Waals surface area contributed by atoms with Crippen LogP contribution in [0.5, 0.6) is 0 Å². The van der Waals surface area contributed by atoms with Crippen LogP contribution in [0.25, 0.3) is 0 Å². The average molecular weight is 290 g/mol. The monoisotopic (exact) mass is 289 g/mol. The lowest BCUT2D eigenvalue weighted by molar-refractivity contribution is 0.344. The minimum absolute atomic E-state index is 1.29. The summed E-state index contributed by atoms with van der Waals surface area (Å²) in [7, 11) is 0. The van der Waals surface area contributed by atoms with Gasteiger partial charge in [-0.1, -0.05) is 39.0 Å². The Hall–Kier alpha value is 0.660. The highest BCUT2D eigenvalue weighted by Gasteiger charge is 2.10. The summed E-state index contributed by atoms with van der Waals surface area (Å²) in [6.07, 6.45) is 11.4. The van der Waals surface area contributed by atoms with Crippen LogP contribution in [-0.4, -0.2) is 41.1 Å². The topological polar surface area (TPSA) is 3.24 Å². The van der Waals surface area contributed by atoms with Gasteiger partial charge in [-0.2, -0.15) is 11.8 Å². The van der Waals surface area contributed by atoms with Gasteiger partial charge in [-0.3, -0.25) is 4.90 Å². The van der Waals surface area contributed by atoms with E-state index in [0.717, 1.165) is 0 Å². The molecule has 1 nitrogen and oxygen atoms in total. The molecule has 0 aromatic rings. The molecule has 0 spiro atoms. The number of unbranched alkanes of at least 4 members (excludes halogenated alkanes) is 6. The largest absolute Gasteiger partial charge is 0.293 e. The SMILES string of the molecule is CCCCCCSCCCCCCN1CCSC1. The van der Waals surface area contributed by atoms with Crippen LogP contribution in [-0.2, 0) is 0 Å². The number of thioether (sulfide) groups is 2. The Balaban J connectivity index is 1.68. The van der Waals surface area contributed by atoms with Crippen molar-refractivity contribution < 1.29 is 0 Å². The van der Waals surface area contributed by atoms with E-state index < -0.39 is 0 Å². The summed E-state index contributed by atoms with van der Waals surface area (Å²) in [5.74, 6) is 5.43. The molecule has 0 aromatic carbocycles. The van der Waals surface area contributed by atoms with Crippen LogP contribution in [0.15, 0.2) is 0 Å². The van der Waals surface area contributed by atoms with E-state index in [1.807, 2.05) is 0 Å². The lowest BCUT2D eigenvalue weighted by Gasteiger charge is -2.12. The fourth-order valence-electron chi connectivity index (χ4n) is 2.25. The fraction of sp³-hybridized carbons (Fsp3) is 1.00. The van der Waals surface area contributed by atoms with Crippen LogP contribution >= 0.6 is 23.5 Å². The Morgan fingerprint density at radius 2 is 1.67 bits per heavy atom. The van der Waals surface area contributed by atoms with E-state index >= 15 is 0 Å². The van der Waals surface area contributed by atoms with Gasteiger partial charge in [0.05, 0.1) is 0 Å². The second-order valence-corrected chi connectivity index (χ2v) is 7.54. The van der Waals surface area contributed by atoms with E-state index in [-0.39, 0.29) is 0 Å². The first-order valence-corrected chi connectivity index (χ1v) is 10.1. The molecule has 108 valence electrons. The molecule has 18 heavy (non-hydrogen) atoms. The Labute approximate surface area is 123 Å². The summed E-state index contributed by atoms with van der Waals surface area (Å²) in [6, 6.07) is 0. The van der Waals surface area contributed by atoms with Gasteiger partial charge >= 0.3 is 0 Å². The summed E-state index contributed by atoms with van der Waals surface area (Å²) >= 11 is 4.26. The molecule has 0 saturated carbocycles. The normalized spacial score (nSPS) is 16.5. The van der Waals surface area contributed by atoms with Gasteiger partial charge < -0.3 is 0 Å². The smallest absolute Gasteiger partial charge is 0.0445 e. The molecule has 0 aromatic heterocycles. The zero-order chi connectivity index (χ0) is 12.9. The van der Waals surface area contributed by atoms with Crippen LogP contribution in [0.4, 0.5) is 0 Å². The minimum Gasteiger partial charge on any atom is -0.293 e. The van der Waals surface area contributed by atoms with Crippen molar-refractivity contribution in [3.8, 4) is 0 Å². The summed E-state index contributed by atoms with van der Waals surface area (Å²) in [6.45, 7) is 4.96. The summed E-state index contributed by atoms with van der Waals surface area (Å²) in [5.41, 5.74) is 0. The van der Waals surface area contributed by atoms with Crippen molar-refractivity contribution in [1.29, 1.82) is 0 Å². The average Bonchev–Trinajstić information content (AvgIpc) is 2.89. The second-order valence-electron chi connectivity index (χ2n) is 5.24. The number of rotatable bonds is 12. The molecule has 0 aliphatic carbocycles. The zero-order valence-corrected chi connectivity index (χ0v) is 13.8. The molecule has 0 atom stereocenters. The number of hydrogen-bond donors (Lipinski definition) is 0. The maximum Gasteiger partial charge on any atom is 0.0445 e. The van der Waals surface area contributed by atoms with Crippen molar-refractivity contribution in [3.05, 3.63) is 0 Å². The first-order valence-electron chi connectivity index (χ1n) is 7.81. The molecule has 1 saturated heterocycles. The molecule has 1 aliphatic rings. The van der Waals surface area contributed by atoms with Crippen molar-refractivity contribution in [2.45, 2.75) is 58.3 Å². The predicted molar refractivity (Wildman–Crippen MR) is 88.8 cm³/mol. The predicted octanol–water partition coefficient (Wildman–Crippen LogP) is 4.87. The van der Waals surface area contributed by atoms with Crippen molar-refractivity contribution in [2.24, 2.45) is 0 Å². The van der Waals surface area contributed by atoms with E-state index in [2.05, 4.69) is 35.3 Å². The van der Waals surface area contributed by atoms with Gasteiger partial charge in [0.1, 0.15) is 0 Å². The van der Waals surface area contributed by atoms with E-state index in [1.165, 1.54) is 87.6 Å². The number of hydrogen-bond acceptors (Lipinski definition) is 3. The van der Waals surface area contributed by atoms with E-state index in [9.17, 15) is 0 Å². The second kappa shape index (κ2) is 12.7. The van der Waals surface area contributed by atoms with Crippen LogP contribution in [0.2, 0.25) is 0 Å². The summed E-state index contributed by atoms with van der Waals surface area (Å²) in [4.78, 5) is 2.60. The van der Waals surface area contributed by atoms with E-state index in [4.69, 9.17) is 0 Å². The third-order valence-electron chi connectivity index (χ3n) is 3.48. The van der Waals surface area contributed by atoms with Gasteiger partial charge in [-0.15, -0.1) is 11.8 Å². The molecular formula is C15H31NS2. The molecule has 1 heterocycles. The molecule has 1 fully saturated rings. The molecule has 0 bridgehead atoms. The Morgan fingerprint density at radius 1 is 0.944 bits per heavy atom. The van der Waals surface area contributed by atoms with Crippen molar-refractivity contribution in [3.63, 3.8) is 0 Å². The van der Waals surface area contributed by atoms with Crippen molar-refractivity contribution >= 4 is 23.5 Å². The Bertz CT molecular complexity index is 170. The van der Waals surface area contributed by atoms with Gasteiger partial charge in [0.2, 0.25) is 0 Å². The maximum atomic E-state index is 2.60. The molecule has 0 N–H and O–H groups in total. The molecular weight excluding hydrogens is 258 g/mol. The number of nitrogens with zero attached hydrogens (tertiary/aromatic N) is 1. The molecule has 0 amide bonds. The third kappa shape index (κ3) is 9.57. The van der Waals surface area contributed by atoms with E-state index in [1.54, 1.807) is 0 Å². The fourth-order valence-corrected chi connectivity index (χ4v) is 4.31. The lowest BCUT2D eigenvalue weighted by atomic mass is 10.2. The van der Waals surface area contributed by atoms with Crippen LogP contribution in [0.3, 0.4) is 0 Å². The quantitative estimate of drug-likeness (QED) is 0.472. The molecule has 0 radical (unpaired) electrons. The Kier molecular flexibility index (Phi) is 11.8. The first-order chi connectivity index (χ1) is 8.93. The molecule has 1 rings (SSSR count). The molecule has 1 aliphatic heterocycles. The standard InChI is InChI=1S/C15H31NS2/c1-2-3-4-8-12-17-13-9-6-5-7-10-16-11-14-18-15-16/h2-15H2,1H3. The van der Waals surface area contributed by atoms with Crippen molar-refractivity contribution in [1.82, 2.24) is 4.90 Å². The highest BCUT2D eigenvalue weighted by Crippen LogP contribution is 2.15. The highest BCUT2D eigenvalue weighted by atomic mass is 32.2. The van der Waals surface area contributed by atoms with Gasteiger partial charge in [-0.05, 0) is 37.3 Å². The van der Waals surface area contributed by atoms with Crippen molar-refractivity contribution in [2.75, 3.05) is 36.2 Å². The first kappa shape index (κ1) is 16.7. The zero-order valence-electron chi connectivity index (χ0n) is 12.2. The minimum atomic E-state index is 1.29. The van der Waals surface area contributed by atoms with E-state index in [0.29, 0.717) is 0 Å². The van der Waals surface area contributed by atoms with Crippen LogP contribution < -0.4 is 0 Å². The third-order valence-corrected chi connectivity index (χ3v) is 5.65.